The van der Waals surface area contributed by atoms with Crippen molar-refractivity contribution < 1.29 is 0 Å². The van der Waals surface area contributed by atoms with Gasteiger partial charge >= 0.3 is 0 Å². The van der Waals surface area contributed by atoms with Gasteiger partial charge in [-0.25, -0.2) is 0 Å². The van der Waals surface area contributed by atoms with Crippen LogP contribution in [0.4, 0.5) is 0 Å². The van der Waals surface area contributed by atoms with Crippen LogP contribution in [0.3, 0.4) is 0 Å². The second-order valence-electron chi connectivity index (χ2n) is 4.52. The van der Waals surface area contributed by atoms with Crippen LogP contribution in [0.5, 0.6) is 0 Å². The Balaban J connectivity index is 1.97. The number of nitrogens with one attached hydrogen (secondary N) is 2. The lowest BCUT2D eigenvalue weighted by molar-refractivity contribution is 0.202. The highest BCUT2D eigenvalue weighted by molar-refractivity contribution is 5.80. The maximum absolute atomic E-state index is 3.45. The molecule has 1 saturated heterocycles. The largest absolute Gasteiger partial charge is 0.361 e. The SMILES string of the molecule is CN1CCNCC1c1ccc2cc[nH]c2c1. The van der Waals surface area contributed by atoms with Crippen molar-refractivity contribution in [3.8, 4) is 0 Å². The van der Waals surface area contributed by atoms with Crippen LogP contribution in [0.15, 0.2) is 30.5 Å². The third kappa shape index (κ3) is 1.62. The van der Waals surface area contributed by atoms with Gasteiger partial charge in [-0.05, 0) is 30.1 Å². The van der Waals surface area contributed by atoms with Crippen molar-refractivity contribution in [3.05, 3.63) is 36.0 Å². The lowest BCUT2D eigenvalue weighted by atomic mass is 10.0. The molecule has 1 aromatic carbocycles. The Hall–Kier alpha value is -1.32. The Morgan fingerprint density at radius 3 is 3.12 bits per heavy atom. The third-order valence-electron chi connectivity index (χ3n) is 3.47. The van der Waals surface area contributed by atoms with Crippen LogP contribution in [0.2, 0.25) is 0 Å². The molecular formula is C13H17N3. The molecule has 1 aliphatic heterocycles. The fourth-order valence-electron chi connectivity index (χ4n) is 2.45. The minimum Gasteiger partial charge on any atom is -0.361 e. The van der Waals surface area contributed by atoms with Gasteiger partial charge in [-0.15, -0.1) is 0 Å². The fourth-order valence-corrected chi connectivity index (χ4v) is 2.45. The molecule has 16 heavy (non-hydrogen) atoms. The van der Waals surface area contributed by atoms with E-state index in [2.05, 4.69) is 46.5 Å². The van der Waals surface area contributed by atoms with Gasteiger partial charge in [-0.2, -0.15) is 0 Å². The summed E-state index contributed by atoms with van der Waals surface area (Å²) in [5.74, 6) is 0. The van der Waals surface area contributed by atoms with E-state index in [4.69, 9.17) is 0 Å². The Kier molecular flexibility index (Phi) is 2.42. The van der Waals surface area contributed by atoms with Crippen molar-refractivity contribution in [2.75, 3.05) is 26.7 Å². The highest BCUT2D eigenvalue weighted by Gasteiger charge is 2.20. The van der Waals surface area contributed by atoms with Gasteiger partial charge in [0.25, 0.3) is 0 Å². The molecule has 0 saturated carbocycles. The molecule has 0 bridgehead atoms. The predicted molar refractivity (Wildman–Crippen MR) is 66.5 cm³/mol. The summed E-state index contributed by atoms with van der Waals surface area (Å²) in [5, 5.41) is 4.74. The molecule has 2 N–H and O–H groups in total. The lowest BCUT2D eigenvalue weighted by Crippen LogP contribution is -2.43. The van der Waals surface area contributed by atoms with Crippen LogP contribution in [-0.2, 0) is 0 Å². The molecule has 1 fully saturated rings. The van der Waals surface area contributed by atoms with E-state index in [1.54, 1.807) is 0 Å². The number of likely N-dealkylation sites (N-methyl/N-ethyl adjacent to an activating group) is 1. The lowest BCUT2D eigenvalue weighted by Gasteiger charge is -2.33. The summed E-state index contributed by atoms with van der Waals surface area (Å²) in [6.07, 6.45) is 2.00. The summed E-state index contributed by atoms with van der Waals surface area (Å²) in [6.45, 7) is 3.26. The number of aromatic amines is 1. The number of benzene rings is 1. The molecule has 0 aliphatic carbocycles. The maximum Gasteiger partial charge on any atom is 0.0470 e. The summed E-state index contributed by atoms with van der Waals surface area (Å²) in [6, 6.07) is 9.32. The van der Waals surface area contributed by atoms with E-state index in [0.29, 0.717) is 6.04 Å². The standard InChI is InChI=1S/C13H17N3/c1-16-7-6-14-9-13(16)11-3-2-10-4-5-15-12(10)8-11/h2-5,8,13-15H,6-7,9H2,1H3. The first-order valence-electron chi connectivity index (χ1n) is 5.82. The zero-order valence-electron chi connectivity index (χ0n) is 9.53. The van der Waals surface area contributed by atoms with E-state index in [0.717, 1.165) is 19.6 Å². The average molecular weight is 215 g/mol. The van der Waals surface area contributed by atoms with E-state index in [-0.39, 0.29) is 0 Å². The van der Waals surface area contributed by atoms with Crippen molar-refractivity contribution in [2.24, 2.45) is 0 Å². The number of hydrogen-bond donors (Lipinski definition) is 2. The molecule has 1 atom stereocenters. The summed E-state index contributed by atoms with van der Waals surface area (Å²) in [7, 11) is 2.20. The first-order valence-corrected chi connectivity index (χ1v) is 5.82. The van der Waals surface area contributed by atoms with Gasteiger partial charge in [-0.3, -0.25) is 4.90 Å². The summed E-state index contributed by atoms with van der Waals surface area (Å²) in [5.41, 5.74) is 2.63. The van der Waals surface area contributed by atoms with Gasteiger partial charge in [-0.1, -0.05) is 12.1 Å². The van der Waals surface area contributed by atoms with Gasteiger partial charge in [0.1, 0.15) is 0 Å². The number of rotatable bonds is 1. The highest BCUT2D eigenvalue weighted by atomic mass is 15.2. The summed E-state index contributed by atoms with van der Waals surface area (Å²) in [4.78, 5) is 5.69. The normalized spacial score (nSPS) is 22.7. The molecule has 2 heterocycles. The first kappa shape index (κ1) is 9.87. The van der Waals surface area contributed by atoms with E-state index < -0.39 is 0 Å². The summed E-state index contributed by atoms with van der Waals surface area (Å²) < 4.78 is 0. The second kappa shape index (κ2) is 3.92. The van der Waals surface area contributed by atoms with Gasteiger partial charge in [0.05, 0.1) is 0 Å². The van der Waals surface area contributed by atoms with Crippen LogP contribution < -0.4 is 5.32 Å². The molecule has 84 valence electrons. The molecule has 3 heteroatoms. The van der Waals surface area contributed by atoms with E-state index >= 15 is 0 Å². The maximum atomic E-state index is 3.45. The van der Waals surface area contributed by atoms with Crippen LogP contribution in [0, 0.1) is 0 Å². The fraction of sp³-hybridized carbons (Fsp3) is 0.385. The molecule has 0 radical (unpaired) electrons. The number of fused-ring (bicyclic) bond motifs is 1. The molecule has 1 aliphatic rings. The second-order valence-corrected chi connectivity index (χ2v) is 4.52. The highest BCUT2D eigenvalue weighted by Crippen LogP contribution is 2.23. The Bertz CT molecular complexity index is 489. The molecule has 1 aromatic heterocycles. The Morgan fingerprint density at radius 1 is 1.31 bits per heavy atom. The summed E-state index contributed by atoms with van der Waals surface area (Å²) >= 11 is 0. The number of H-pyrrole nitrogens is 1. The van der Waals surface area contributed by atoms with Crippen LogP contribution >= 0.6 is 0 Å². The van der Waals surface area contributed by atoms with Gasteiger partial charge in [0.2, 0.25) is 0 Å². The molecule has 2 aromatic rings. The first-order chi connectivity index (χ1) is 7.84. The molecule has 3 rings (SSSR count). The van der Waals surface area contributed by atoms with Crippen LogP contribution in [0.25, 0.3) is 10.9 Å². The number of nitrogens with zero attached hydrogens (tertiary/aromatic N) is 1. The molecule has 3 nitrogen and oxygen atoms in total. The Labute approximate surface area is 95.5 Å². The van der Waals surface area contributed by atoms with Crippen molar-refractivity contribution in [3.63, 3.8) is 0 Å². The van der Waals surface area contributed by atoms with Gasteiger partial charge in [0, 0.05) is 37.4 Å². The van der Waals surface area contributed by atoms with E-state index in [9.17, 15) is 0 Å². The van der Waals surface area contributed by atoms with Gasteiger partial charge in [0.15, 0.2) is 0 Å². The van der Waals surface area contributed by atoms with Crippen molar-refractivity contribution in [1.29, 1.82) is 0 Å². The monoisotopic (exact) mass is 215 g/mol. The van der Waals surface area contributed by atoms with Crippen LogP contribution in [0.1, 0.15) is 11.6 Å². The van der Waals surface area contributed by atoms with Crippen molar-refractivity contribution in [2.45, 2.75) is 6.04 Å². The van der Waals surface area contributed by atoms with Gasteiger partial charge < -0.3 is 10.3 Å². The average Bonchev–Trinajstić information content (AvgIpc) is 2.76. The number of aromatic nitrogens is 1. The van der Waals surface area contributed by atoms with E-state index in [1.165, 1.54) is 16.5 Å². The number of hydrogen-bond acceptors (Lipinski definition) is 2. The van der Waals surface area contributed by atoms with Crippen LogP contribution in [-0.4, -0.2) is 36.6 Å². The molecule has 0 spiro atoms. The van der Waals surface area contributed by atoms with Crippen molar-refractivity contribution in [1.82, 2.24) is 15.2 Å². The third-order valence-corrected chi connectivity index (χ3v) is 3.47. The zero-order chi connectivity index (χ0) is 11.0. The van der Waals surface area contributed by atoms with E-state index in [1.807, 2.05) is 6.20 Å². The molecule has 1 unspecified atom stereocenters. The number of piperazine rings is 1. The minimum atomic E-state index is 0.501. The predicted octanol–water partition coefficient (Wildman–Crippen LogP) is 1.74. The van der Waals surface area contributed by atoms with Crippen molar-refractivity contribution >= 4 is 10.9 Å². The zero-order valence-corrected chi connectivity index (χ0v) is 9.53. The quantitative estimate of drug-likeness (QED) is 0.759. The molecular weight excluding hydrogens is 198 g/mol. The Morgan fingerprint density at radius 2 is 2.25 bits per heavy atom. The topological polar surface area (TPSA) is 31.1 Å². The smallest absolute Gasteiger partial charge is 0.0470 e. The molecule has 0 amide bonds. The minimum absolute atomic E-state index is 0.501.